The van der Waals surface area contributed by atoms with Crippen LogP contribution in [0.5, 0.6) is 0 Å². The van der Waals surface area contributed by atoms with Gasteiger partial charge in [0.2, 0.25) is 0 Å². The summed E-state index contributed by atoms with van der Waals surface area (Å²) < 4.78 is 1.88. The van der Waals surface area contributed by atoms with E-state index in [4.69, 9.17) is 0 Å². The molecule has 2 aromatic carbocycles. The van der Waals surface area contributed by atoms with E-state index in [0.717, 1.165) is 23.1 Å². The zero-order chi connectivity index (χ0) is 12.4. The summed E-state index contributed by atoms with van der Waals surface area (Å²) in [6.45, 7) is 3.80. The van der Waals surface area contributed by atoms with E-state index in [0.29, 0.717) is 0 Å². The maximum Gasteiger partial charge on any atom is 0.113 e. The van der Waals surface area contributed by atoms with Gasteiger partial charge in [-0.1, -0.05) is 41.6 Å². The molecule has 0 bridgehead atoms. The highest BCUT2D eigenvalue weighted by Gasteiger charge is 2.08. The molecule has 0 aliphatic rings. The molecular formula is C15H13N3. The largest absolute Gasteiger partial charge is 0.213 e. The van der Waals surface area contributed by atoms with Gasteiger partial charge in [-0.2, -0.15) is 0 Å². The van der Waals surface area contributed by atoms with E-state index in [1.54, 1.807) is 0 Å². The van der Waals surface area contributed by atoms with Crippen molar-refractivity contribution in [3.8, 4) is 5.69 Å². The third-order valence-electron chi connectivity index (χ3n) is 2.94. The van der Waals surface area contributed by atoms with E-state index in [9.17, 15) is 0 Å². The topological polar surface area (TPSA) is 30.7 Å². The van der Waals surface area contributed by atoms with Crippen LogP contribution in [0.3, 0.4) is 0 Å². The Morgan fingerprint density at radius 1 is 1.06 bits per heavy atom. The van der Waals surface area contributed by atoms with Crippen LogP contribution in [0.2, 0.25) is 0 Å². The van der Waals surface area contributed by atoms with Crippen molar-refractivity contribution in [2.24, 2.45) is 0 Å². The van der Waals surface area contributed by atoms with Gasteiger partial charge in [0.1, 0.15) is 5.52 Å². The zero-order valence-electron chi connectivity index (χ0n) is 9.95. The Morgan fingerprint density at radius 3 is 2.72 bits per heavy atom. The van der Waals surface area contributed by atoms with Gasteiger partial charge >= 0.3 is 0 Å². The molecule has 3 nitrogen and oxygen atoms in total. The number of fused-ring (bicyclic) bond motifs is 1. The Kier molecular flexibility index (Phi) is 2.65. The molecule has 0 amide bonds. The number of hydrogen-bond acceptors (Lipinski definition) is 2. The van der Waals surface area contributed by atoms with E-state index in [1.165, 1.54) is 5.56 Å². The van der Waals surface area contributed by atoms with Crippen LogP contribution in [0, 0.1) is 0 Å². The van der Waals surface area contributed by atoms with Crippen LogP contribution >= 0.6 is 0 Å². The molecule has 3 rings (SSSR count). The van der Waals surface area contributed by atoms with Crippen molar-refractivity contribution in [1.82, 2.24) is 15.0 Å². The van der Waals surface area contributed by atoms with Gasteiger partial charge in [-0.25, -0.2) is 4.68 Å². The summed E-state index contributed by atoms with van der Waals surface area (Å²) in [4.78, 5) is 0. The van der Waals surface area contributed by atoms with Gasteiger partial charge in [0, 0.05) is 0 Å². The Balaban J connectivity index is 2.23. The van der Waals surface area contributed by atoms with Crippen LogP contribution in [-0.2, 0) is 6.42 Å². The van der Waals surface area contributed by atoms with E-state index in [-0.39, 0.29) is 0 Å². The van der Waals surface area contributed by atoms with Crippen LogP contribution in [-0.4, -0.2) is 15.0 Å². The molecule has 0 saturated carbocycles. The molecule has 0 fully saturated rings. The minimum absolute atomic E-state index is 0.824. The maximum absolute atomic E-state index is 4.24. The number of allylic oxidation sites excluding steroid dienone is 1. The van der Waals surface area contributed by atoms with Crippen molar-refractivity contribution in [2.45, 2.75) is 6.42 Å². The fraction of sp³-hybridized carbons (Fsp3) is 0.0667. The van der Waals surface area contributed by atoms with Gasteiger partial charge in [0.15, 0.2) is 0 Å². The smallest absolute Gasteiger partial charge is 0.113 e. The Hall–Kier alpha value is -2.42. The SMILES string of the molecule is C=CCc1ccccc1-n1nnc2ccccc21. The highest BCUT2D eigenvalue weighted by atomic mass is 15.4. The molecule has 0 N–H and O–H groups in total. The molecule has 0 saturated heterocycles. The fourth-order valence-corrected chi connectivity index (χ4v) is 2.09. The van der Waals surface area contributed by atoms with Crippen molar-refractivity contribution in [3.63, 3.8) is 0 Å². The molecule has 3 heteroatoms. The van der Waals surface area contributed by atoms with Gasteiger partial charge in [0.05, 0.1) is 11.2 Å². The molecule has 1 aromatic heterocycles. The summed E-state index contributed by atoms with van der Waals surface area (Å²) >= 11 is 0. The number of hydrogen-bond donors (Lipinski definition) is 0. The Labute approximate surface area is 105 Å². The fourth-order valence-electron chi connectivity index (χ4n) is 2.09. The summed E-state index contributed by atoms with van der Waals surface area (Å²) in [5.74, 6) is 0. The first-order valence-corrected chi connectivity index (χ1v) is 5.90. The number of benzene rings is 2. The van der Waals surface area contributed by atoms with Crippen molar-refractivity contribution in [2.75, 3.05) is 0 Å². The predicted octanol–water partition coefficient (Wildman–Crippen LogP) is 3.15. The lowest BCUT2D eigenvalue weighted by molar-refractivity contribution is 0.816. The number of rotatable bonds is 3. The number of aromatic nitrogens is 3. The van der Waals surface area contributed by atoms with Gasteiger partial charge in [-0.3, -0.25) is 0 Å². The van der Waals surface area contributed by atoms with E-state index >= 15 is 0 Å². The summed E-state index contributed by atoms with van der Waals surface area (Å²) in [5, 5.41) is 8.42. The van der Waals surface area contributed by atoms with Crippen molar-refractivity contribution >= 4 is 11.0 Å². The van der Waals surface area contributed by atoms with Crippen LogP contribution in [0.1, 0.15) is 5.56 Å². The third-order valence-corrected chi connectivity index (χ3v) is 2.94. The summed E-state index contributed by atoms with van der Waals surface area (Å²) in [5.41, 5.74) is 4.19. The van der Waals surface area contributed by atoms with Gasteiger partial charge < -0.3 is 0 Å². The lowest BCUT2D eigenvalue weighted by Gasteiger charge is -2.07. The minimum Gasteiger partial charge on any atom is -0.213 e. The van der Waals surface area contributed by atoms with Crippen LogP contribution in [0.4, 0.5) is 0 Å². The molecular weight excluding hydrogens is 222 g/mol. The molecule has 0 atom stereocenters. The first-order chi connectivity index (χ1) is 8.90. The second kappa shape index (κ2) is 4.45. The average Bonchev–Trinajstić information content (AvgIpc) is 2.84. The normalized spacial score (nSPS) is 10.7. The van der Waals surface area contributed by atoms with Gasteiger partial charge in [0.25, 0.3) is 0 Å². The lowest BCUT2D eigenvalue weighted by Crippen LogP contribution is -2.00. The number of nitrogens with zero attached hydrogens (tertiary/aromatic N) is 3. The zero-order valence-corrected chi connectivity index (χ0v) is 9.95. The number of para-hydroxylation sites is 2. The maximum atomic E-state index is 4.24. The summed E-state index contributed by atoms with van der Waals surface area (Å²) in [7, 11) is 0. The lowest BCUT2D eigenvalue weighted by atomic mass is 10.1. The molecule has 0 aliphatic heterocycles. The van der Waals surface area contributed by atoms with Crippen molar-refractivity contribution < 1.29 is 0 Å². The third kappa shape index (κ3) is 1.70. The van der Waals surface area contributed by atoms with Crippen LogP contribution < -0.4 is 0 Å². The molecule has 0 unspecified atom stereocenters. The highest BCUT2D eigenvalue weighted by Crippen LogP contribution is 2.19. The highest BCUT2D eigenvalue weighted by molar-refractivity contribution is 5.76. The standard InChI is InChI=1S/C15H13N3/c1-2-7-12-8-3-5-10-14(12)18-15-11-6-4-9-13(15)16-17-18/h2-6,8-11H,1,7H2. The van der Waals surface area contributed by atoms with E-state index in [1.807, 2.05) is 47.2 Å². The molecule has 18 heavy (non-hydrogen) atoms. The first kappa shape index (κ1) is 10.7. The molecule has 0 spiro atoms. The molecule has 3 aromatic rings. The molecule has 88 valence electrons. The monoisotopic (exact) mass is 235 g/mol. The van der Waals surface area contributed by atoms with Gasteiger partial charge in [-0.05, 0) is 30.2 Å². The first-order valence-electron chi connectivity index (χ1n) is 5.90. The second-order valence-electron chi connectivity index (χ2n) is 4.11. The molecule has 0 radical (unpaired) electrons. The van der Waals surface area contributed by atoms with Crippen molar-refractivity contribution in [1.29, 1.82) is 0 Å². The second-order valence-corrected chi connectivity index (χ2v) is 4.11. The van der Waals surface area contributed by atoms with E-state index in [2.05, 4.69) is 29.0 Å². The Morgan fingerprint density at radius 2 is 1.83 bits per heavy atom. The Bertz CT molecular complexity index is 698. The summed E-state index contributed by atoms with van der Waals surface area (Å²) in [6.07, 6.45) is 2.72. The summed E-state index contributed by atoms with van der Waals surface area (Å²) in [6, 6.07) is 16.2. The molecule has 0 aliphatic carbocycles. The van der Waals surface area contributed by atoms with E-state index < -0.39 is 0 Å². The van der Waals surface area contributed by atoms with Crippen LogP contribution in [0.25, 0.3) is 16.7 Å². The minimum atomic E-state index is 0.824. The quantitative estimate of drug-likeness (QED) is 0.653. The predicted molar refractivity (Wildman–Crippen MR) is 72.8 cm³/mol. The van der Waals surface area contributed by atoms with Crippen molar-refractivity contribution in [3.05, 3.63) is 66.7 Å². The van der Waals surface area contributed by atoms with Crippen LogP contribution in [0.15, 0.2) is 61.2 Å². The molecule has 1 heterocycles. The average molecular weight is 235 g/mol. The van der Waals surface area contributed by atoms with Gasteiger partial charge in [-0.15, -0.1) is 11.7 Å².